The summed E-state index contributed by atoms with van der Waals surface area (Å²) >= 11 is 0. The van der Waals surface area contributed by atoms with Gasteiger partial charge in [0.25, 0.3) is 10.1 Å². The molecule has 8 heteroatoms. The van der Waals surface area contributed by atoms with Crippen LogP contribution in [0.4, 0.5) is 0 Å². The monoisotopic (exact) mass is 562 g/mol. The normalized spacial score (nSPS) is 14.3. The second kappa shape index (κ2) is 22.6. The van der Waals surface area contributed by atoms with Crippen LogP contribution >= 0.6 is 0 Å². The maximum atomic E-state index is 12.4. The highest BCUT2D eigenvalue weighted by Gasteiger charge is 2.58. The predicted octanol–water partition coefficient (Wildman–Crippen LogP) is 8.80. The Morgan fingerprint density at radius 2 is 0.895 bits per heavy atom. The van der Waals surface area contributed by atoms with Crippen LogP contribution in [-0.4, -0.2) is 39.9 Å². The van der Waals surface area contributed by atoms with E-state index in [1.165, 1.54) is 70.6 Å². The number of aliphatic carboxylic acids is 2. The summed E-state index contributed by atoms with van der Waals surface area (Å²) in [5, 5.41) is 19.7. The van der Waals surface area contributed by atoms with Crippen molar-refractivity contribution in [3.05, 3.63) is 0 Å². The van der Waals surface area contributed by atoms with E-state index in [-0.39, 0.29) is 19.3 Å². The quantitative estimate of drug-likeness (QED) is 0.0641. The highest BCUT2D eigenvalue weighted by Crippen LogP contribution is 2.37. The third kappa shape index (κ3) is 15.4. The van der Waals surface area contributed by atoms with Gasteiger partial charge in [-0.05, 0) is 12.8 Å². The Labute approximate surface area is 233 Å². The molecule has 0 rings (SSSR count). The van der Waals surface area contributed by atoms with Crippen molar-refractivity contribution in [2.75, 3.05) is 0 Å². The number of carbonyl (C=O) groups is 2. The highest BCUT2D eigenvalue weighted by atomic mass is 32.2. The number of hydrogen-bond donors (Lipinski definition) is 3. The fourth-order valence-electron chi connectivity index (χ4n) is 5.47. The van der Waals surface area contributed by atoms with Gasteiger partial charge in [0, 0.05) is 0 Å². The Bertz CT molecular complexity index is 707. The van der Waals surface area contributed by atoms with Gasteiger partial charge >= 0.3 is 11.9 Å². The van der Waals surface area contributed by atoms with Gasteiger partial charge in [0.15, 0.2) is 0 Å². The minimum atomic E-state index is -5.13. The van der Waals surface area contributed by atoms with Crippen molar-refractivity contribution in [3.63, 3.8) is 0 Å². The largest absolute Gasteiger partial charge is 0.481 e. The number of hydrogen-bond acceptors (Lipinski definition) is 4. The van der Waals surface area contributed by atoms with Crippen LogP contribution in [0, 0.1) is 5.92 Å². The topological polar surface area (TPSA) is 129 Å². The first-order valence-corrected chi connectivity index (χ1v) is 17.0. The first kappa shape index (κ1) is 36.8. The number of unbranched alkanes of at least 4 members (excludes halogenated alkanes) is 20. The second-order valence-electron chi connectivity index (χ2n) is 11.2. The first-order valence-electron chi connectivity index (χ1n) is 15.6. The molecule has 0 heterocycles. The van der Waals surface area contributed by atoms with Gasteiger partial charge in [0.05, 0.1) is 5.92 Å². The Kier molecular flexibility index (Phi) is 22.0. The molecule has 0 amide bonds. The van der Waals surface area contributed by atoms with Gasteiger partial charge in [-0.3, -0.25) is 14.1 Å². The van der Waals surface area contributed by atoms with Crippen molar-refractivity contribution >= 4 is 22.1 Å². The average molecular weight is 563 g/mol. The van der Waals surface area contributed by atoms with Crippen molar-refractivity contribution in [2.45, 2.75) is 173 Å². The zero-order valence-electron chi connectivity index (χ0n) is 24.4. The van der Waals surface area contributed by atoms with Crippen molar-refractivity contribution in [2.24, 2.45) is 5.92 Å². The zero-order valence-corrected chi connectivity index (χ0v) is 25.2. The van der Waals surface area contributed by atoms with Crippen LogP contribution in [-0.2, 0) is 19.7 Å². The Morgan fingerprint density at radius 3 is 1.18 bits per heavy atom. The molecule has 38 heavy (non-hydrogen) atoms. The molecule has 3 N–H and O–H groups in total. The molecule has 226 valence electrons. The minimum absolute atomic E-state index is 0.0728. The predicted molar refractivity (Wildman–Crippen MR) is 155 cm³/mol. The molecule has 0 aromatic rings. The smallest absolute Gasteiger partial charge is 0.328 e. The van der Waals surface area contributed by atoms with Crippen molar-refractivity contribution < 1.29 is 32.8 Å². The molecule has 0 aliphatic heterocycles. The van der Waals surface area contributed by atoms with E-state index in [1.54, 1.807) is 0 Å². The van der Waals surface area contributed by atoms with Gasteiger partial charge in [-0.25, -0.2) is 0 Å². The van der Waals surface area contributed by atoms with E-state index in [1.807, 2.05) is 0 Å². The van der Waals surface area contributed by atoms with Crippen LogP contribution in [0.1, 0.15) is 168 Å². The summed E-state index contributed by atoms with van der Waals surface area (Å²) in [5.74, 6) is -4.90. The average Bonchev–Trinajstić information content (AvgIpc) is 2.85. The molecule has 0 radical (unpaired) electrons. The van der Waals surface area contributed by atoms with Crippen molar-refractivity contribution in [1.29, 1.82) is 0 Å². The molecule has 0 aliphatic rings. The maximum absolute atomic E-state index is 12.4. The zero-order chi connectivity index (χ0) is 28.7. The summed E-state index contributed by atoms with van der Waals surface area (Å²) in [7, 11) is -5.13. The van der Waals surface area contributed by atoms with Gasteiger partial charge < -0.3 is 10.2 Å². The van der Waals surface area contributed by atoms with Crippen LogP contribution in [0.2, 0.25) is 0 Å². The summed E-state index contributed by atoms with van der Waals surface area (Å²) in [5.41, 5.74) is 0. The lowest BCUT2D eigenvalue weighted by molar-refractivity contribution is -0.152. The Hall–Kier alpha value is -1.15. The fourth-order valence-corrected chi connectivity index (χ4v) is 6.67. The van der Waals surface area contributed by atoms with E-state index in [9.17, 15) is 32.8 Å². The third-order valence-electron chi connectivity index (χ3n) is 7.93. The number of carboxylic acids is 2. The lowest BCUT2D eigenvalue weighted by atomic mass is 9.82. The van der Waals surface area contributed by atoms with E-state index in [0.717, 1.165) is 51.4 Å². The van der Waals surface area contributed by atoms with Crippen LogP contribution < -0.4 is 0 Å². The molecule has 0 saturated heterocycles. The molecular formula is C30H58O7S. The van der Waals surface area contributed by atoms with E-state index >= 15 is 0 Å². The fraction of sp³-hybridized carbons (Fsp3) is 0.933. The molecule has 0 saturated carbocycles. The van der Waals surface area contributed by atoms with E-state index in [0.29, 0.717) is 12.8 Å². The summed E-state index contributed by atoms with van der Waals surface area (Å²) in [4.78, 5) is 24.3. The molecule has 2 unspecified atom stereocenters. The highest BCUT2D eigenvalue weighted by molar-refractivity contribution is 7.88. The van der Waals surface area contributed by atoms with E-state index in [4.69, 9.17) is 0 Å². The SMILES string of the molecule is CCCCCCCCCCCCCCC(C(=O)O)C(CCCCCCCCCCCC)(C(=O)O)S(=O)(=O)O. The summed E-state index contributed by atoms with van der Waals surface area (Å²) in [6.45, 7) is 4.39. The van der Waals surface area contributed by atoms with E-state index in [2.05, 4.69) is 13.8 Å². The Balaban J connectivity index is 4.64. The van der Waals surface area contributed by atoms with Gasteiger partial charge in [0.1, 0.15) is 0 Å². The second-order valence-corrected chi connectivity index (χ2v) is 12.8. The van der Waals surface area contributed by atoms with Crippen molar-refractivity contribution in [3.8, 4) is 0 Å². The third-order valence-corrected chi connectivity index (χ3v) is 9.52. The first-order chi connectivity index (χ1) is 18.1. The maximum Gasteiger partial charge on any atom is 0.328 e. The molecular weight excluding hydrogens is 504 g/mol. The summed E-state index contributed by atoms with van der Waals surface area (Å²) < 4.78 is 32.0. The van der Waals surface area contributed by atoms with Gasteiger partial charge in [-0.2, -0.15) is 8.42 Å². The lowest BCUT2D eigenvalue weighted by Gasteiger charge is -2.32. The molecule has 0 aromatic carbocycles. The molecule has 2 atom stereocenters. The van der Waals surface area contributed by atoms with Crippen LogP contribution in [0.5, 0.6) is 0 Å². The number of carboxylic acid groups (broad SMARTS) is 2. The Morgan fingerprint density at radius 1 is 0.579 bits per heavy atom. The molecule has 7 nitrogen and oxygen atoms in total. The van der Waals surface area contributed by atoms with Gasteiger partial charge in [-0.1, -0.05) is 155 Å². The van der Waals surface area contributed by atoms with Crippen molar-refractivity contribution in [1.82, 2.24) is 0 Å². The van der Waals surface area contributed by atoms with Crippen LogP contribution in [0.15, 0.2) is 0 Å². The lowest BCUT2D eigenvalue weighted by Crippen LogP contribution is -2.55. The molecule has 0 spiro atoms. The molecule has 0 aliphatic carbocycles. The number of rotatable bonds is 28. The van der Waals surface area contributed by atoms with Crippen LogP contribution in [0.25, 0.3) is 0 Å². The molecule has 0 aromatic heterocycles. The molecule has 0 bridgehead atoms. The van der Waals surface area contributed by atoms with Gasteiger partial charge in [-0.15, -0.1) is 0 Å². The molecule has 0 fully saturated rings. The van der Waals surface area contributed by atoms with Crippen LogP contribution in [0.3, 0.4) is 0 Å². The summed E-state index contributed by atoms with van der Waals surface area (Å²) in [6, 6.07) is 0. The standard InChI is InChI=1S/C30H58O7S/c1-3-5-7-9-11-13-15-16-17-19-21-23-25-27(28(31)32)30(29(33)34,38(35,36)37)26-24-22-20-18-14-12-10-8-6-4-2/h27H,3-26H2,1-2H3,(H,31,32)(H,33,34)(H,35,36,37). The minimum Gasteiger partial charge on any atom is -0.481 e. The summed E-state index contributed by atoms with van der Waals surface area (Å²) in [6.07, 6.45) is 22.4. The van der Waals surface area contributed by atoms with Gasteiger partial charge in [0.2, 0.25) is 4.75 Å². The van der Waals surface area contributed by atoms with E-state index < -0.39 is 32.7 Å².